The second-order valence-corrected chi connectivity index (χ2v) is 15.9. The molecule has 6 aliphatic carbocycles. The highest BCUT2D eigenvalue weighted by Gasteiger charge is 2.74. The summed E-state index contributed by atoms with van der Waals surface area (Å²) in [5.41, 5.74) is -1.28. The summed E-state index contributed by atoms with van der Waals surface area (Å²) in [6.07, 6.45) is 12.5. The van der Waals surface area contributed by atoms with Crippen LogP contribution in [-0.2, 0) is 0 Å². The molecule has 3 saturated carbocycles. The zero-order valence-corrected chi connectivity index (χ0v) is 26.1. The van der Waals surface area contributed by atoms with Crippen LogP contribution >= 0.6 is 11.3 Å². The molecule has 0 saturated heterocycles. The first-order valence-electron chi connectivity index (χ1n) is 15.8. The number of thiophene rings is 1. The molecule has 0 radical (unpaired) electrons. The fourth-order valence-electron chi connectivity index (χ4n) is 10.6. The van der Waals surface area contributed by atoms with Crippen molar-refractivity contribution in [3.8, 4) is 0 Å². The number of carbonyl (C=O) groups excluding carboxylic acids is 1. The van der Waals surface area contributed by atoms with Crippen LogP contribution in [0.5, 0.6) is 0 Å². The Labute approximate surface area is 249 Å². The zero-order valence-electron chi connectivity index (χ0n) is 25.2. The third-order valence-electron chi connectivity index (χ3n) is 12.6. The Morgan fingerprint density at radius 2 is 1.80 bits per heavy atom. The van der Waals surface area contributed by atoms with Gasteiger partial charge >= 0.3 is 0 Å². The van der Waals surface area contributed by atoms with Gasteiger partial charge in [0.15, 0.2) is 5.78 Å². The first-order valence-corrected chi connectivity index (χ1v) is 16.7. The second kappa shape index (κ2) is 10.1. The number of Topliss-reactive ketones (excluding diaryl/α,β-unsaturated/α-hetero) is 1. The third-order valence-corrected chi connectivity index (χ3v) is 13.6. The number of nitrogens with zero attached hydrogens (tertiary/aromatic N) is 1. The molecule has 6 nitrogen and oxygen atoms in total. The molecule has 9 unspecified atom stereocenters. The Bertz CT molecular complexity index is 1260. The number of aliphatic hydroxyl groups excluding tert-OH is 3. The Balaban J connectivity index is 1.45. The fourth-order valence-corrected chi connectivity index (χ4v) is 11.4. The van der Waals surface area contributed by atoms with Gasteiger partial charge in [-0.1, -0.05) is 39.0 Å². The van der Waals surface area contributed by atoms with E-state index in [0.29, 0.717) is 25.9 Å². The van der Waals surface area contributed by atoms with Crippen molar-refractivity contribution in [2.24, 2.45) is 33.5 Å². The van der Waals surface area contributed by atoms with Crippen molar-refractivity contribution in [2.75, 3.05) is 26.2 Å². The van der Waals surface area contributed by atoms with E-state index in [9.17, 15) is 25.2 Å². The van der Waals surface area contributed by atoms with Crippen LogP contribution in [0.2, 0.25) is 0 Å². The van der Waals surface area contributed by atoms with Crippen molar-refractivity contribution in [3.05, 3.63) is 45.7 Å². The van der Waals surface area contributed by atoms with E-state index < -0.39 is 22.5 Å². The summed E-state index contributed by atoms with van der Waals surface area (Å²) in [6.45, 7) is 10.1. The smallest absolute Gasteiger partial charge is 0.199 e. The van der Waals surface area contributed by atoms with Gasteiger partial charge in [0.1, 0.15) is 0 Å². The molecule has 0 amide bonds. The number of hydrogen-bond donors (Lipinski definition) is 4. The lowest BCUT2D eigenvalue weighted by atomic mass is 9.32. The topological polar surface area (TPSA) is 101 Å². The lowest BCUT2D eigenvalue weighted by molar-refractivity contribution is -0.177. The van der Waals surface area contributed by atoms with Crippen LogP contribution in [-0.4, -0.2) is 75.2 Å². The van der Waals surface area contributed by atoms with Gasteiger partial charge in [0.25, 0.3) is 0 Å². The van der Waals surface area contributed by atoms with Gasteiger partial charge in [0, 0.05) is 39.8 Å². The van der Waals surface area contributed by atoms with Crippen molar-refractivity contribution in [2.45, 2.75) is 96.9 Å². The highest BCUT2D eigenvalue weighted by molar-refractivity contribution is 7.14. The largest absolute Gasteiger partial charge is 0.394 e. The lowest BCUT2D eigenvalue weighted by Gasteiger charge is -2.71. The normalized spacial score (nSPS) is 43.4. The van der Waals surface area contributed by atoms with Crippen LogP contribution in [0.3, 0.4) is 0 Å². The highest BCUT2D eigenvalue weighted by Crippen LogP contribution is 2.78. The van der Waals surface area contributed by atoms with Gasteiger partial charge in [-0.2, -0.15) is 0 Å². The number of aryl methyl sites for hydroxylation is 1. The summed E-state index contributed by atoms with van der Waals surface area (Å²) >= 11 is 1.56. The van der Waals surface area contributed by atoms with Crippen molar-refractivity contribution in [3.63, 3.8) is 0 Å². The van der Waals surface area contributed by atoms with E-state index >= 15 is 0 Å². The van der Waals surface area contributed by atoms with Crippen LogP contribution in [0.25, 0.3) is 0 Å². The summed E-state index contributed by atoms with van der Waals surface area (Å²) < 4.78 is 0. The van der Waals surface area contributed by atoms with Crippen LogP contribution in [0.15, 0.2) is 35.9 Å². The van der Waals surface area contributed by atoms with Gasteiger partial charge in [-0.05, 0) is 94.2 Å². The number of ketones is 1. The first-order chi connectivity index (χ1) is 19.4. The molecule has 226 valence electrons. The lowest BCUT2D eigenvalue weighted by Crippen LogP contribution is -2.67. The number of rotatable bonds is 9. The summed E-state index contributed by atoms with van der Waals surface area (Å²) in [6, 6.07) is 4.00. The van der Waals surface area contributed by atoms with Crippen LogP contribution in [0, 0.1) is 40.4 Å². The third kappa shape index (κ3) is 4.09. The summed E-state index contributed by atoms with van der Waals surface area (Å²) in [5.74, 6) is 0.512. The zero-order chi connectivity index (χ0) is 29.4. The number of hydrogen-bond acceptors (Lipinski definition) is 7. The van der Waals surface area contributed by atoms with E-state index in [1.165, 1.54) is 0 Å². The molecule has 2 bridgehead atoms. The number of allylic oxidation sites excluding steroid dienone is 4. The molecule has 1 aromatic heterocycles. The van der Waals surface area contributed by atoms with E-state index in [0.717, 1.165) is 60.4 Å². The van der Waals surface area contributed by atoms with Gasteiger partial charge in [0.05, 0.1) is 29.3 Å². The summed E-state index contributed by atoms with van der Waals surface area (Å²) in [7, 11) is 0. The van der Waals surface area contributed by atoms with Gasteiger partial charge in [-0.3, -0.25) is 9.69 Å². The van der Waals surface area contributed by atoms with E-state index in [-0.39, 0.29) is 41.2 Å². The van der Waals surface area contributed by atoms with Crippen molar-refractivity contribution >= 4 is 17.1 Å². The molecule has 1 aromatic rings. The molecular formula is C34H49NO5S. The van der Waals surface area contributed by atoms with Crippen molar-refractivity contribution in [1.82, 2.24) is 4.90 Å². The maximum absolute atomic E-state index is 14.5. The Morgan fingerprint density at radius 1 is 1.10 bits per heavy atom. The fraction of sp³-hybridized carbons (Fsp3) is 0.735. The van der Waals surface area contributed by atoms with Crippen LogP contribution in [0.1, 0.15) is 86.7 Å². The molecule has 0 aromatic carbocycles. The molecule has 2 spiro atoms. The number of carbonyl (C=O) groups is 1. The van der Waals surface area contributed by atoms with E-state index in [2.05, 4.69) is 43.9 Å². The molecule has 4 N–H and O–H groups in total. The van der Waals surface area contributed by atoms with Gasteiger partial charge < -0.3 is 20.4 Å². The summed E-state index contributed by atoms with van der Waals surface area (Å²) in [5, 5.41) is 43.2. The minimum absolute atomic E-state index is 0.0440. The predicted octanol–water partition coefficient (Wildman–Crippen LogP) is 4.90. The number of fused-ring (bicyclic) bond motifs is 1. The Morgan fingerprint density at radius 3 is 2.49 bits per heavy atom. The molecule has 9 atom stereocenters. The predicted molar refractivity (Wildman–Crippen MR) is 162 cm³/mol. The molecule has 41 heavy (non-hydrogen) atoms. The molecule has 7 heteroatoms. The molecule has 1 heterocycles. The SMILES string of the molecule is CCCN(CC(O)CO)CC1(O)CCC2C34C=CC5(C=C3C(=O)c3ccc(C)s3)CC(O)CCC5(C)C4CCC21C. The van der Waals surface area contributed by atoms with Crippen molar-refractivity contribution in [1.29, 1.82) is 0 Å². The molecule has 0 aliphatic heterocycles. The van der Waals surface area contributed by atoms with E-state index in [4.69, 9.17) is 0 Å². The standard InChI is InChI=1S/C34H49NO5S/c1-5-16-35(19-24(38)20-36)21-33(40)13-10-28-31(33,4)12-9-27-30(3)11-8-23(37)17-32(30)14-15-34(27,28)25(18-32)29(39)26-7-6-22(2)41-26/h6-7,14-15,18,23-24,27-28,36-38,40H,5,8-13,16-17,19-21H2,1-4H3. The Hall–Kier alpha value is -1.35. The summed E-state index contributed by atoms with van der Waals surface area (Å²) in [4.78, 5) is 18.5. The quantitative estimate of drug-likeness (QED) is 0.244. The highest BCUT2D eigenvalue weighted by atomic mass is 32.1. The second-order valence-electron chi connectivity index (χ2n) is 14.6. The average molecular weight is 584 g/mol. The van der Waals surface area contributed by atoms with Crippen molar-refractivity contribution < 1.29 is 25.2 Å². The number of aliphatic hydroxyl groups is 4. The average Bonchev–Trinajstić information content (AvgIpc) is 3.48. The van der Waals surface area contributed by atoms with Gasteiger partial charge in [-0.25, -0.2) is 0 Å². The van der Waals surface area contributed by atoms with E-state index in [1.54, 1.807) is 11.3 Å². The van der Waals surface area contributed by atoms with Crippen LogP contribution < -0.4 is 0 Å². The first kappa shape index (κ1) is 29.7. The van der Waals surface area contributed by atoms with E-state index in [1.807, 2.05) is 19.1 Å². The maximum Gasteiger partial charge on any atom is 0.199 e. The monoisotopic (exact) mass is 583 g/mol. The molecule has 6 aliphatic rings. The van der Waals surface area contributed by atoms with Gasteiger partial charge in [-0.15, -0.1) is 11.3 Å². The van der Waals surface area contributed by atoms with Gasteiger partial charge in [0.2, 0.25) is 0 Å². The molecule has 7 rings (SSSR count). The van der Waals surface area contributed by atoms with Crippen LogP contribution in [0.4, 0.5) is 0 Å². The minimum atomic E-state index is -0.959. The maximum atomic E-state index is 14.5. The molecular weight excluding hydrogens is 534 g/mol. The molecule has 3 fully saturated rings. The Kier molecular flexibility index (Phi) is 7.32. The minimum Gasteiger partial charge on any atom is -0.394 e.